The van der Waals surface area contributed by atoms with Crippen LogP contribution in [0.1, 0.15) is 31.9 Å². The first-order valence-electron chi connectivity index (χ1n) is 7.73. The van der Waals surface area contributed by atoms with Gasteiger partial charge in [-0.1, -0.05) is 13.0 Å². The minimum Gasteiger partial charge on any atom is -0.496 e. The van der Waals surface area contributed by atoms with Gasteiger partial charge in [-0.2, -0.15) is 0 Å². The lowest BCUT2D eigenvalue weighted by molar-refractivity contribution is 0.0626. The quantitative estimate of drug-likeness (QED) is 0.719. The number of likely N-dealkylation sites (N-methyl/N-ethyl adjacent to an activating group) is 1. The number of benzene rings is 1. The Morgan fingerprint density at radius 2 is 2.05 bits per heavy atom. The van der Waals surface area contributed by atoms with Crippen molar-refractivity contribution >= 4 is 0 Å². The third-order valence-corrected chi connectivity index (χ3v) is 3.29. The van der Waals surface area contributed by atoms with Crippen molar-refractivity contribution in [2.75, 3.05) is 33.9 Å². The molecular formula is C17H30N2O2. The molecule has 1 aromatic carbocycles. The summed E-state index contributed by atoms with van der Waals surface area (Å²) in [7, 11) is 3.84. The second-order valence-corrected chi connectivity index (χ2v) is 5.58. The highest BCUT2D eigenvalue weighted by molar-refractivity contribution is 5.37. The lowest BCUT2D eigenvalue weighted by atomic mass is 10.1. The SMILES string of the molecule is CCNCc1ccc(OC)c(CN(C)CCOC(C)C)c1. The molecule has 4 heteroatoms. The van der Waals surface area contributed by atoms with Gasteiger partial charge in [0.2, 0.25) is 0 Å². The van der Waals surface area contributed by atoms with E-state index in [1.807, 2.05) is 0 Å². The van der Waals surface area contributed by atoms with Crippen molar-refractivity contribution in [3.05, 3.63) is 29.3 Å². The molecule has 0 saturated heterocycles. The smallest absolute Gasteiger partial charge is 0.123 e. The van der Waals surface area contributed by atoms with E-state index in [2.05, 4.69) is 56.2 Å². The number of hydrogen-bond donors (Lipinski definition) is 1. The summed E-state index contributed by atoms with van der Waals surface area (Å²) in [6.07, 6.45) is 0.288. The van der Waals surface area contributed by atoms with Crippen LogP contribution < -0.4 is 10.1 Å². The molecule has 0 aliphatic heterocycles. The summed E-state index contributed by atoms with van der Waals surface area (Å²) in [5.74, 6) is 0.951. The Labute approximate surface area is 129 Å². The molecule has 0 spiro atoms. The molecule has 0 fully saturated rings. The van der Waals surface area contributed by atoms with Gasteiger partial charge in [0, 0.05) is 25.2 Å². The molecular weight excluding hydrogens is 264 g/mol. The summed E-state index contributed by atoms with van der Waals surface area (Å²) in [5, 5.41) is 3.35. The van der Waals surface area contributed by atoms with E-state index < -0.39 is 0 Å². The van der Waals surface area contributed by atoms with Gasteiger partial charge in [0.15, 0.2) is 0 Å². The summed E-state index contributed by atoms with van der Waals surface area (Å²) >= 11 is 0. The minimum absolute atomic E-state index is 0.288. The summed E-state index contributed by atoms with van der Waals surface area (Å²) < 4.78 is 11.1. The summed E-state index contributed by atoms with van der Waals surface area (Å²) in [6.45, 7) is 10.7. The number of hydrogen-bond acceptors (Lipinski definition) is 4. The van der Waals surface area contributed by atoms with E-state index in [4.69, 9.17) is 9.47 Å². The van der Waals surface area contributed by atoms with E-state index in [1.165, 1.54) is 11.1 Å². The molecule has 0 amide bonds. The lowest BCUT2D eigenvalue weighted by Crippen LogP contribution is -2.24. The predicted molar refractivity (Wildman–Crippen MR) is 87.8 cm³/mol. The Morgan fingerprint density at radius 1 is 1.29 bits per heavy atom. The van der Waals surface area contributed by atoms with Crippen LogP contribution in [0, 0.1) is 0 Å². The van der Waals surface area contributed by atoms with Crippen LogP contribution in [0.5, 0.6) is 5.75 Å². The van der Waals surface area contributed by atoms with Crippen LogP contribution in [0.3, 0.4) is 0 Å². The summed E-state index contributed by atoms with van der Waals surface area (Å²) in [4.78, 5) is 2.26. The first kappa shape index (κ1) is 18.0. The Kier molecular flexibility index (Phi) is 8.35. The lowest BCUT2D eigenvalue weighted by Gasteiger charge is -2.20. The summed E-state index contributed by atoms with van der Waals surface area (Å²) in [6, 6.07) is 6.40. The fraction of sp³-hybridized carbons (Fsp3) is 0.647. The largest absolute Gasteiger partial charge is 0.496 e. The Morgan fingerprint density at radius 3 is 2.67 bits per heavy atom. The zero-order valence-corrected chi connectivity index (χ0v) is 14.1. The molecule has 0 aliphatic carbocycles. The first-order valence-corrected chi connectivity index (χ1v) is 7.73. The van der Waals surface area contributed by atoms with Gasteiger partial charge >= 0.3 is 0 Å². The van der Waals surface area contributed by atoms with Crippen LogP contribution in [0.25, 0.3) is 0 Å². The second kappa shape index (κ2) is 9.77. The highest BCUT2D eigenvalue weighted by Gasteiger charge is 2.08. The second-order valence-electron chi connectivity index (χ2n) is 5.58. The Bertz CT molecular complexity index is 408. The number of ether oxygens (including phenoxy) is 2. The van der Waals surface area contributed by atoms with Crippen molar-refractivity contribution in [3.63, 3.8) is 0 Å². The monoisotopic (exact) mass is 294 g/mol. The maximum absolute atomic E-state index is 5.60. The van der Waals surface area contributed by atoms with Crippen LogP contribution in [0.4, 0.5) is 0 Å². The number of rotatable bonds is 10. The topological polar surface area (TPSA) is 33.7 Å². The molecule has 0 atom stereocenters. The normalized spacial score (nSPS) is 11.4. The molecule has 0 radical (unpaired) electrons. The van der Waals surface area contributed by atoms with Crippen LogP contribution in [0.15, 0.2) is 18.2 Å². The highest BCUT2D eigenvalue weighted by Crippen LogP contribution is 2.21. The molecule has 4 nitrogen and oxygen atoms in total. The predicted octanol–water partition coefficient (Wildman–Crippen LogP) is 2.66. The maximum atomic E-state index is 5.60. The summed E-state index contributed by atoms with van der Waals surface area (Å²) in [5.41, 5.74) is 2.51. The average molecular weight is 294 g/mol. The van der Waals surface area contributed by atoms with Crippen molar-refractivity contribution in [2.45, 2.75) is 40.0 Å². The van der Waals surface area contributed by atoms with Crippen LogP contribution in [-0.2, 0) is 17.8 Å². The molecule has 0 unspecified atom stereocenters. The zero-order chi connectivity index (χ0) is 15.7. The zero-order valence-electron chi connectivity index (χ0n) is 14.1. The van der Waals surface area contributed by atoms with E-state index in [-0.39, 0.29) is 6.10 Å². The molecule has 0 aromatic heterocycles. The van der Waals surface area contributed by atoms with Crippen LogP contribution in [-0.4, -0.2) is 44.9 Å². The van der Waals surface area contributed by atoms with Gasteiger partial charge in [-0.05, 0) is 45.1 Å². The van der Waals surface area contributed by atoms with E-state index in [1.54, 1.807) is 7.11 Å². The minimum atomic E-state index is 0.288. The van der Waals surface area contributed by atoms with Crippen molar-refractivity contribution in [1.29, 1.82) is 0 Å². The van der Waals surface area contributed by atoms with E-state index in [9.17, 15) is 0 Å². The van der Waals surface area contributed by atoms with E-state index in [0.717, 1.165) is 38.5 Å². The highest BCUT2D eigenvalue weighted by atomic mass is 16.5. The van der Waals surface area contributed by atoms with Gasteiger partial charge in [-0.25, -0.2) is 0 Å². The number of nitrogens with one attached hydrogen (secondary N) is 1. The molecule has 1 aromatic rings. The molecule has 1 N–H and O–H groups in total. The molecule has 0 saturated carbocycles. The van der Waals surface area contributed by atoms with Crippen LogP contribution >= 0.6 is 0 Å². The molecule has 0 aliphatic rings. The molecule has 120 valence electrons. The van der Waals surface area contributed by atoms with Gasteiger partial charge in [0.05, 0.1) is 19.8 Å². The van der Waals surface area contributed by atoms with E-state index >= 15 is 0 Å². The van der Waals surface area contributed by atoms with Gasteiger partial charge in [-0.3, -0.25) is 4.90 Å². The first-order chi connectivity index (χ1) is 10.1. The van der Waals surface area contributed by atoms with Crippen molar-refractivity contribution < 1.29 is 9.47 Å². The third kappa shape index (κ3) is 6.93. The fourth-order valence-corrected chi connectivity index (χ4v) is 2.15. The Balaban J connectivity index is 2.61. The van der Waals surface area contributed by atoms with Gasteiger partial charge in [0.25, 0.3) is 0 Å². The van der Waals surface area contributed by atoms with Gasteiger partial charge in [0.1, 0.15) is 5.75 Å². The van der Waals surface area contributed by atoms with Gasteiger partial charge < -0.3 is 14.8 Å². The van der Waals surface area contributed by atoms with Gasteiger partial charge in [-0.15, -0.1) is 0 Å². The molecule has 21 heavy (non-hydrogen) atoms. The number of nitrogens with zero attached hydrogens (tertiary/aromatic N) is 1. The van der Waals surface area contributed by atoms with E-state index in [0.29, 0.717) is 0 Å². The molecule has 0 heterocycles. The Hall–Kier alpha value is -1.10. The molecule has 1 rings (SSSR count). The molecule has 0 bridgehead atoms. The maximum Gasteiger partial charge on any atom is 0.123 e. The fourth-order valence-electron chi connectivity index (χ4n) is 2.15. The van der Waals surface area contributed by atoms with Crippen molar-refractivity contribution in [3.8, 4) is 5.75 Å². The third-order valence-electron chi connectivity index (χ3n) is 3.29. The average Bonchev–Trinajstić information content (AvgIpc) is 2.45. The van der Waals surface area contributed by atoms with Crippen molar-refractivity contribution in [2.24, 2.45) is 0 Å². The van der Waals surface area contributed by atoms with Crippen LogP contribution in [0.2, 0.25) is 0 Å². The number of methoxy groups -OCH3 is 1. The van der Waals surface area contributed by atoms with Crippen molar-refractivity contribution in [1.82, 2.24) is 10.2 Å². The standard InChI is InChI=1S/C17H30N2O2/c1-6-18-12-15-7-8-17(20-5)16(11-15)13-19(4)9-10-21-14(2)3/h7-8,11,14,18H,6,9-10,12-13H2,1-5H3.